The van der Waals surface area contributed by atoms with Crippen LogP contribution in [0, 0.1) is 0 Å². The molecular formula is C16H19NO3. The van der Waals surface area contributed by atoms with Crippen molar-refractivity contribution in [1.29, 1.82) is 0 Å². The highest BCUT2D eigenvalue weighted by Gasteiger charge is 2.14. The van der Waals surface area contributed by atoms with E-state index in [0.29, 0.717) is 18.5 Å². The Hall–Kier alpha value is -1.94. The standard InChI is InChI=1S/C16H19NO3/c1-3-17(4-2)10-9-14(18)13-11-12-7-5-6-8-15(12)20-16(13)19/h5-8,11H,3-4,9-10H2,1-2H3. The fraction of sp³-hybridized carbons (Fsp3) is 0.375. The van der Waals surface area contributed by atoms with Crippen LogP contribution in [0.3, 0.4) is 0 Å². The number of hydrogen-bond donors (Lipinski definition) is 0. The number of Topliss-reactive ketones (excluding diaryl/α,β-unsaturated/α-hetero) is 1. The van der Waals surface area contributed by atoms with Crippen LogP contribution < -0.4 is 5.63 Å². The van der Waals surface area contributed by atoms with E-state index in [0.717, 1.165) is 18.5 Å². The number of rotatable bonds is 6. The number of carbonyl (C=O) groups is 1. The molecule has 0 saturated heterocycles. The van der Waals surface area contributed by atoms with Gasteiger partial charge in [-0.3, -0.25) is 4.79 Å². The van der Waals surface area contributed by atoms with Crippen LogP contribution in [0.5, 0.6) is 0 Å². The van der Waals surface area contributed by atoms with Crippen molar-refractivity contribution < 1.29 is 9.21 Å². The van der Waals surface area contributed by atoms with E-state index < -0.39 is 5.63 Å². The normalized spacial score (nSPS) is 11.2. The third-order valence-corrected chi connectivity index (χ3v) is 3.49. The Balaban J connectivity index is 2.21. The first-order valence-electron chi connectivity index (χ1n) is 6.94. The summed E-state index contributed by atoms with van der Waals surface area (Å²) in [5.41, 5.74) is 0.113. The zero-order valence-electron chi connectivity index (χ0n) is 11.9. The second kappa shape index (κ2) is 6.48. The Kier molecular flexibility index (Phi) is 4.69. The van der Waals surface area contributed by atoms with Gasteiger partial charge in [-0.15, -0.1) is 0 Å². The minimum Gasteiger partial charge on any atom is -0.422 e. The molecule has 1 aromatic heterocycles. The average molecular weight is 273 g/mol. The molecule has 0 N–H and O–H groups in total. The van der Waals surface area contributed by atoms with Crippen LogP contribution in [-0.4, -0.2) is 30.3 Å². The van der Waals surface area contributed by atoms with E-state index in [1.165, 1.54) is 0 Å². The number of para-hydroxylation sites is 1. The lowest BCUT2D eigenvalue weighted by atomic mass is 10.1. The molecule has 0 bridgehead atoms. The van der Waals surface area contributed by atoms with Gasteiger partial charge < -0.3 is 9.32 Å². The van der Waals surface area contributed by atoms with E-state index in [1.54, 1.807) is 18.2 Å². The molecule has 4 heteroatoms. The summed E-state index contributed by atoms with van der Waals surface area (Å²) in [6, 6.07) is 8.84. The number of nitrogens with zero attached hydrogens (tertiary/aromatic N) is 1. The molecule has 0 fully saturated rings. The summed E-state index contributed by atoms with van der Waals surface area (Å²) >= 11 is 0. The molecule has 2 aromatic rings. The van der Waals surface area contributed by atoms with E-state index in [2.05, 4.69) is 18.7 Å². The van der Waals surface area contributed by atoms with Crippen LogP contribution in [0.1, 0.15) is 30.6 Å². The van der Waals surface area contributed by atoms with Gasteiger partial charge >= 0.3 is 5.63 Å². The quantitative estimate of drug-likeness (QED) is 0.600. The lowest BCUT2D eigenvalue weighted by Gasteiger charge is -2.16. The lowest BCUT2D eigenvalue weighted by Crippen LogP contribution is -2.26. The van der Waals surface area contributed by atoms with Gasteiger partial charge in [-0.25, -0.2) is 4.79 Å². The maximum atomic E-state index is 12.2. The number of carbonyl (C=O) groups excluding carboxylic acids is 1. The van der Waals surface area contributed by atoms with Crippen LogP contribution in [-0.2, 0) is 0 Å². The van der Waals surface area contributed by atoms with Crippen LogP contribution >= 0.6 is 0 Å². The first kappa shape index (κ1) is 14.5. The Morgan fingerprint density at radius 3 is 2.60 bits per heavy atom. The van der Waals surface area contributed by atoms with E-state index in [1.807, 2.05) is 12.1 Å². The minimum atomic E-state index is -0.548. The first-order valence-corrected chi connectivity index (χ1v) is 6.94. The Labute approximate surface area is 118 Å². The summed E-state index contributed by atoms with van der Waals surface area (Å²) in [7, 11) is 0. The van der Waals surface area contributed by atoms with Gasteiger partial charge in [0.15, 0.2) is 5.78 Å². The van der Waals surface area contributed by atoms with Crippen molar-refractivity contribution in [2.75, 3.05) is 19.6 Å². The van der Waals surface area contributed by atoms with Crippen molar-refractivity contribution >= 4 is 16.8 Å². The molecule has 0 aliphatic heterocycles. The highest BCUT2D eigenvalue weighted by Crippen LogP contribution is 2.13. The predicted octanol–water partition coefficient (Wildman–Crippen LogP) is 2.71. The summed E-state index contributed by atoms with van der Waals surface area (Å²) in [5.74, 6) is -0.156. The van der Waals surface area contributed by atoms with Gasteiger partial charge in [-0.2, -0.15) is 0 Å². The van der Waals surface area contributed by atoms with Crippen molar-refractivity contribution in [3.63, 3.8) is 0 Å². The SMILES string of the molecule is CCN(CC)CCC(=O)c1cc2ccccc2oc1=O. The molecule has 1 heterocycles. The van der Waals surface area contributed by atoms with E-state index in [9.17, 15) is 9.59 Å². The van der Waals surface area contributed by atoms with Crippen molar-refractivity contribution in [3.05, 3.63) is 46.3 Å². The van der Waals surface area contributed by atoms with Gasteiger partial charge in [-0.1, -0.05) is 32.0 Å². The molecular weight excluding hydrogens is 254 g/mol. The molecule has 2 rings (SSSR count). The topological polar surface area (TPSA) is 50.5 Å². The van der Waals surface area contributed by atoms with Gasteiger partial charge in [0.2, 0.25) is 0 Å². The van der Waals surface area contributed by atoms with Crippen LogP contribution in [0.15, 0.2) is 39.5 Å². The summed E-state index contributed by atoms with van der Waals surface area (Å²) < 4.78 is 5.18. The summed E-state index contributed by atoms with van der Waals surface area (Å²) in [6.45, 7) is 6.57. The van der Waals surface area contributed by atoms with Gasteiger partial charge in [-0.05, 0) is 25.2 Å². The zero-order valence-corrected chi connectivity index (χ0v) is 11.9. The zero-order chi connectivity index (χ0) is 14.5. The molecule has 0 atom stereocenters. The minimum absolute atomic E-state index is 0.149. The van der Waals surface area contributed by atoms with E-state index in [-0.39, 0.29) is 11.3 Å². The highest BCUT2D eigenvalue weighted by molar-refractivity contribution is 5.98. The van der Waals surface area contributed by atoms with E-state index >= 15 is 0 Å². The summed E-state index contributed by atoms with van der Waals surface area (Å²) in [5, 5.41) is 0.776. The van der Waals surface area contributed by atoms with Gasteiger partial charge in [0.05, 0.1) is 0 Å². The molecule has 0 aliphatic carbocycles. The molecule has 0 saturated carbocycles. The van der Waals surface area contributed by atoms with Crippen LogP contribution in [0.2, 0.25) is 0 Å². The van der Waals surface area contributed by atoms with Gasteiger partial charge in [0.25, 0.3) is 0 Å². The summed E-state index contributed by atoms with van der Waals surface area (Å²) in [6.07, 6.45) is 0.338. The molecule has 0 radical (unpaired) electrons. The molecule has 0 amide bonds. The smallest absolute Gasteiger partial charge is 0.347 e. The third-order valence-electron chi connectivity index (χ3n) is 3.49. The third kappa shape index (κ3) is 3.14. The predicted molar refractivity (Wildman–Crippen MR) is 79.2 cm³/mol. The lowest BCUT2D eigenvalue weighted by molar-refractivity contribution is 0.0963. The number of benzene rings is 1. The summed E-state index contributed by atoms with van der Waals surface area (Å²) in [4.78, 5) is 26.2. The second-order valence-corrected chi connectivity index (χ2v) is 4.69. The number of hydrogen-bond acceptors (Lipinski definition) is 4. The molecule has 0 aliphatic rings. The fourth-order valence-electron chi connectivity index (χ4n) is 2.19. The Morgan fingerprint density at radius 2 is 1.90 bits per heavy atom. The largest absolute Gasteiger partial charge is 0.422 e. The average Bonchev–Trinajstić information content (AvgIpc) is 2.47. The monoisotopic (exact) mass is 273 g/mol. The highest BCUT2D eigenvalue weighted by atomic mass is 16.4. The molecule has 0 spiro atoms. The maximum Gasteiger partial charge on any atom is 0.347 e. The van der Waals surface area contributed by atoms with Crippen molar-refractivity contribution in [1.82, 2.24) is 4.90 Å². The van der Waals surface area contributed by atoms with E-state index in [4.69, 9.17) is 4.42 Å². The molecule has 4 nitrogen and oxygen atoms in total. The Morgan fingerprint density at radius 1 is 1.20 bits per heavy atom. The van der Waals surface area contributed by atoms with Crippen LogP contribution in [0.4, 0.5) is 0 Å². The molecule has 0 unspecified atom stereocenters. The van der Waals surface area contributed by atoms with Crippen molar-refractivity contribution in [2.45, 2.75) is 20.3 Å². The Bertz CT molecular complexity index is 656. The second-order valence-electron chi connectivity index (χ2n) is 4.69. The molecule has 106 valence electrons. The number of ketones is 1. The molecule has 1 aromatic carbocycles. The molecule has 20 heavy (non-hydrogen) atoms. The first-order chi connectivity index (χ1) is 9.65. The van der Waals surface area contributed by atoms with Crippen LogP contribution in [0.25, 0.3) is 11.0 Å². The number of fused-ring (bicyclic) bond motifs is 1. The van der Waals surface area contributed by atoms with Crippen molar-refractivity contribution in [2.24, 2.45) is 0 Å². The fourth-order valence-corrected chi connectivity index (χ4v) is 2.19. The maximum absolute atomic E-state index is 12.2. The van der Waals surface area contributed by atoms with Crippen molar-refractivity contribution in [3.8, 4) is 0 Å². The van der Waals surface area contributed by atoms with Gasteiger partial charge in [0.1, 0.15) is 11.1 Å². The van der Waals surface area contributed by atoms with Gasteiger partial charge in [0, 0.05) is 18.4 Å².